The van der Waals surface area contributed by atoms with Gasteiger partial charge < -0.3 is 20.3 Å². The molecule has 0 aromatic rings. The van der Waals surface area contributed by atoms with Crippen molar-refractivity contribution in [1.82, 2.24) is 5.32 Å². The number of unbranched alkanes of at least 4 members (excludes halogenated alkanes) is 1. The zero-order chi connectivity index (χ0) is 12.6. The lowest BCUT2D eigenvalue weighted by atomic mass is 10.1. The fraction of sp³-hybridized carbons (Fsp3) is 0.909. The third-order valence-electron chi connectivity index (χ3n) is 1.90. The highest BCUT2D eigenvalue weighted by Crippen LogP contribution is 2.07. The summed E-state index contributed by atoms with van der Waals surface area (Å²) in [5.41, 5.74) is -0.533. The number of hydrogen-bond acceptors (Lipinski definition) is 4. The monoisotopic (exact) mass is 233 g/mol. The molecule has 0 heterocycles. The molecule has 5 nitrogen and oxygen atoms in total. The summed E-state index contributed by atoms with van der Waals surface area (Å²) in [5.74, 6) is 0. The number of amides is 1. The highest BCUT2D eigenvalue weighted by Gasteiger charge is 2.18. The smallest absolute Gasteiger partial charge is 0.407 e. The molecular formula is C11H23NO4. The molecule has 0 aromatic heterocycles. The molecule has 0 unspecified atom stereocenters. The molecule has 0 spiro atoms. The van der Waals surface area contributed by atoms with Gasteiger partial charge in [0.1, 0.15) is 5.60 Å². The van der Waals surface area contributed by atoms with Gasteiger partial charge in [0.25, 0.3) is 0 Å². The van der Waals surface area contributed by atoms with Crippen LogP contribution in [0.15, 0.2) is 0 Å². The van der Waals surface area contributed by atoms with Gasteiger partial charge in [0.15, 0.2) is 0 Å². The highest BCUT2D eigenvalue weighted by molar-refractivity contribution is 5.68. The summed E-state index contributed by atoms with van der Waals surface area (Å²) in [6.07, 6.45) is 1.55. The first-order chi connectivity index (χ1) is 7.39. The largest absolute Gasteiger partial charge is 0.444 e. The quantitative estimate of drug-likeness (QED) is 0.599. The van der Waals surface area contributed by atoms with Crippen molar-refractivity contribution in [3.63, 3.8) is 0 Å². The van der Waals surface area contributed by atoms with Gasteiger partial charge in [-0.25, -0.2) is 4.79 Å². The van der Waals surface area contributed by atoms with E-state index >= 15 is 0 Å². The third-order valence-corrected chi connectivity index (χ3v) is 1.90. The van der Waals surface area contributed by atoms with Gasteiger partial charge >= 0.3 is 6.09 Å². The lowest BCUT2D eigenvalue weighted by Crippen LogP contribution is -2.41. The Labute approximate surface area is 96.8 Å². The lowest BCUT2D eigenvalue weighted by Gasteiger charge is -2.22. The maximum atomic E-state index is 11.4. The Kier molecular flexibility index (Phi) is 7.08. The number of aliphatic hydroxyl groups is 2. The van der Waals surface area contributed by atoms with E-state index in [0.717, 1.165) is 6.42 Å². The van der Waals surface area contributed by atoms with Crippen LogP contribution in [0, 0.1) is 0 Å². The van der Waals surface area contributed by atoms with Crippen LogP contribution in [0.5, 0.6) is 0 Å². The molecule has 0 aliphatic rings. The second-order valence-corrected chi connectivity index (χ2v) is 4.75. The number of hydrogen-bond donors (Lipinski definition) is 3. The molecular weight excluding hydrogens is 210 g/mol. The molecule has 0 aromatic carbocycles. The Morgan fingerprint density at radius 1 is 1.31 bits per heavy atom. The summed E-state index contributed by atoms with van der Waals surface area (Å²) >= 11 is 0. The molecule has 0 fully saturated rings. The maximum absolute atomic E-state index is 11.4. The van der Waals surface area contributed by atoms with Gasteiger partial charge in [-0.05, 0) is 40.0 Å². The zero-order valence-corrected chi connectivity index (χ0v) is 10.3. The zero-order valence-electron chi connectivity index (χ0n) is 10.3. The Morgan fingerprint density at radius 2 is 1.94 bits per heavy atom. The van der Waals surface area contributed by atoms with E-state index in [9.17, 15) is 4.79 Å². The number of carbonyl (C=O) groups is 1. The van der Waals surface area contributed by atoms with E-state index in [1.54, 1.807) is 20.8 Å². The maximum Gasteiger partial charge on any atom is 0.407 e. The normalized spacial score (nSPS) is 13.3. The van der Waals surface area contributed by atoms with Gasteiger partial charge in [-0.1, -0.05) is 0 Å². The minimum absolute atomic E-state index is 0.120. The van der Waals surface area contributed by atoms with Crippen LogP contribution in [0.2, 0.25) is 0 Å². The van der Waals surface area contributed by atoms with Crippen LogP contribution >= 0.6 is 0 Å². The summed E-state index contributed by atoms with van der Waals surface area (Å²) in [6, 6.07) is -0.304. The summed E-state index contributed by atoms with van der Waals surface area (Å²) in [6.45, 7) is 5.36. The number of alkyl carbamates (subject to hydrolysis) is 1. The van der Waals surface area contributed by atoms with E-state index in [-0.39, 0.29) is 19.3 Å². The molecule has 3 N–H and O–H groups in total. The lowest BCUT2D eigenvalue weighted by molar-refractivity contribution is 0.0478. The summed E-state index contributed by atoms with van der Waals surface area (Å²) < 4.78 is 5.07. The van der Waals surface area contributed by atoms with E-state index in [4.69, 9.17) is 14.9 Å². The number of aliphatic hydroxyl groups excluding tert-OH is 2. The first kappa shape index (κ1) is 15.2. The fourth-order valence-electron chi connectivity index (χ4n) is 1.19. The molecule has 0 aliphatic heterocycles. The first-order valence-electron chi connectivity index (χ1n) is 5.60. The molecule has 0 aliphatic carbocycles. The van der Waals surface area contributed by atoms with E-state index in [0.29, 0.717) is 12.8 Å². The van der Waals surface area contributed by atoms with Crippen LogP contribution in [-0.2, 0) is 4.74 Å². The average Bonchev–Trinajstić information content (AvgIpc) is 2.13. The Bertz CT molecular complexity index is 201. The molecule has 0 saturated carbocycles. The van der Waals surface area contributed by atoms with Gasteiger partial charge in [-0.3, -0.25) is 0 Å². The van der Waals surface area contributed by atoms with Gasteiger partial charge in [0.2, 0.25) is 0 Å². The first-order valence-corrected chi connectivity index (χ1v) is 5.60. The number of nitrogens with one attached hydrogen (secondary N) is 1. The average molecular weight is 233 g/mol. The molecule has 0 rings (SSSR count). The van der Waals surface area contributed by atoms with Crippen molar-refractivity contribution in [1.29, 1.82) is 0 Å². The van der Waals surface area contributed by atoms with Crippen molar-refractivity contribution in [2.24, 2.45) is 0 Å². The van der Waals surface area contributed by atoms with Crippen molar-refractivity contribution in [3.8, 4) is 0 Å². The topological polar surface area (TPSA) is 78.8 Å². The van der Waals surface area contributed by atoms with E-state index < -0.39 is 11.7 Å². The predicted molar refractivity (Wildman–Crippen MR) is 61.2 cm³/mol. The third kappa shape index (κ3) is 8.49. The van der Waals surface area contributed by atoms with Crippen molar-refractivity contribution in [3.05, 3.63) is 0 Å². The van der Waals surface area contributed by atoms with E-state index in [1.807, 2.05) is 0 Å². The molecule has 1 amide bonds. The summed E-state index contributed by atoms with van der Waals surface area (Å²) in [7, 11) is 0. The Hall–Kier alpha value is -0.810. The van der Waals surface area contributed by atoms with Crippen LogP contribution in [0.25, 0.3) is 0 Å². The Balaban J connectivity index is 3.88. The fourth-order valence-corrected chi connectivity index (χ4v) is 1.19. The molecule has 1 atom stereocenters. The van der Waals surface area contributed by atoms with Crippen LogP contribution < -0.4 is 5.32 Å². The minimum Gasteiger partial charge on any atom is -0.444 e. The summed E-state index contributed by atoms with van der Waals surface area (Å²) in [5, 5.41) is 20.2. The number of rotatable bonds is 6. The standard InChI is InChI=1S/C11H23NO4/c1-11(2,3)16-10(15)12-9(8-14)6-4-5-7-13/h9,13-14H,4-8H2,1-3H3,(H,12,15)/t9-/m0/s1. The van der Waals surface area contributed by atoms with Crippen molar-refractivity contribution in [2.75, 3.05) is 13.2 Å². The van der Waals surface area contributed by atoms with Gasteiger partial charge in [-0.15, -0.1) is 0 Å². The molecule has 16 heavy (non-hydrogen) atoms. The van der Waals surface area contributed by atoms with E-state index in [1.165, 1.54) is 0 Å². The molecule has 0 radical (unpaired) electrons. The van der Waals surface area contributed by atoms with Crippen molar-refractivity contribution in [2.45, 2.75) is 51.7 Å². The van der Waals surface area contributed by atoms with Crippen molar-refractivity contribution < 1.29 is 19.7 Å². The molecule has 0 bridgehead atoms. The van der Waals surface area contributed by atoms with Crippen LogP contribution in [0.3, 0.4) is 0 Å². The summed E-state index contributed by atoms with van der Waals surface area (Å²) in [4.78, 5) is 11.4. The van der Waals surface area contributed by atoms with Crippen LogP contribution in [0.4, 0.5) is 4.79 Å². The Morgan fingerprint density at radius 3 is 2.38 bits per heavy atom. The van der Waals surface area contributed by atoms with Gasteiger partial charge in [0.05, 0.1) is 12.6 Å². The van der Waals surface area contributed by atoms with Crippen LogP contribution in [-0.4, -0.2) is 41.2 Å². The van der Waals surface area contributed by atoms with Crippen LogP contribution in [0.1, 0.15) is 40.0 Å². The second kappa shape index (κ2) is 7.46. The number of ether oxygens (including phenoxy) is 1. The van der Waals surface area contributed by atoms with Crippen molar-refractivity contribution >= 4 is 6.09 Å². The number of carbonyl (C=O) groups excluding carboxylic acids is 1. The highest BCUT2D eigenvalue weighted by atomic mass is 16.6. The van der Waals surface area contributed by atoms with E-state index in [2.05, 4.69) is 5.32 Å². The second-order valence-electron chi connectivity index (χ2n) is 4.75. The molecule has 0 saturated heterocycles. The molecule has 96 valence electrons. The SMILES string of the molecule is CC(C)(C)OC(=O)N[C@H](CO)CCCCO. The molecule has 5 heteroatoms. The minimum atomic E-state index is -0.533. The van der Waals surface area contributed by atoms with Gasteiger partial charge in [0, 0.05) is 6.61 Å². The van der Waals surface area contributed by atoms with Gasteiger partial charge in [-0.2, -0.15) is 0 Å². The predicted octanol–water partition coefficient (Wildman–Crippen LogP) is 1.03.